The summed E-state index contributed by atoms with van der Waals surface area (Å²) in [6.45, 7) is 0. The van der Waals surface area contributed by atoms with E-state index in [-0.39, 0.29) is 36.0 Å². The summed E-state index contributed by atoms with van der Waals surface area (Å²) in [5.41, 5.74) is 3.79. The molecule has 170 valence electrons. The van der Waals surface area contributed by atoms with Crippen molar-refractivity contribution in [2.75, 3.05) is 33.6 Å². The van der Waals surface area contributed by atoms with E-state index in [1.54, 1.807) is 20.2 Å². The third-order valence-corrected chi connectivity index (χ3v) is 5.68. The molecule has 0 spiro atoms. The van der Waals surface area contributed by atoms with E-state index in [1.165, 1.54) is 42.7 Å². The monoisotopic (exact) mass is 438 g/mol. The molecule has 7 heteroatoms. The highest BCUT2D eigenvalue weighted by molar-refractivity contribution is 6.05. The van der Waals surface area contributed by atoms with Gasteiger partial charge in [0.1, 0.15) is 0 Å². The Morgan fingerprint density at radius 3 is 2.22 bits per heavy atom. The third-order valence-electron chi connectivity index (χ3n) is 5.68. The Bertz CT molecular complexity index is 1030. The second kappa shape index (κ2) is 10.3. The number of rotatable bonds is 8. The lowest BCUT2D eigenvalue weighted by Crippen LogP contribution is -2.24. The molecule has 0 heterocycles. The smallest absolute Gasteiger partial charge is 0.255 e. The average Bonchev–Trinajstić information content (AvgIpc) is 2.81. The number of Topliss-reactive ketones (excluding diaryl/α,β-unsaturated/α-hetero) is 1. The number of fused-ring (bicyclic) bond motifs is 1. The first-order valence-electron chi connectivity index (χ1n) is 10.8. The summed E-state index contributed by atoms with van der Waals surface area (Å²) in [5.74, 6) is 0.0784. The minimum Gasteiger partial charge on any atom is -0.493 e. The molecular formula is C25H30N2O5. The van der Waals surface area contributed by atoms with Crippen LogP contribution >= 0.6 is 0 Å². The van der Waals surface area contributed by atoms with Gasteiger partial charge in [0, 0.05) is 38.6 Å². The maximum absolute atomic E-state index is 12.7. The number of nitrogens with one attached hydrogen (secondary N) is 1. The third kappa shape index (κ3) is 5.28. The van der Waals surface area contributed by atoms with Crippen LogP contribution in [0, 0.1) is 0 Å². The fraction of sp³-hybridized carbons (Fsp3) is 0.400. The van der Waals surface area contributed by atoms with Gasteiger partial charge in [0.2, 0.25) is 5.91 Å². The molecule has 0 radical (unpaired) electrons. The van der Waals surface area contributed by atoms with Gasteiger partial charge < -0.3 is 19.7 Å². The number of methoxy groups -OCH3 is 2. The molecule has 0 aliphatic heterocycles. The first kappa shape index (κ1) is 23.3. The number of benzene rings is 2. The fourth-order valence-electron chi connectivity index (χ4n) is 3.89. The number of hydrogen-bond acceptors (Lipinski definition) is 5. The summed E-state index contributed by atoms with van der Waals surface area (Å²) in [6, 6.07) is 8.95. The maximum Gasteiger partial charge on any atom is 0.255 e. The van der Waals surface area contributed by atoms with Gasteiger partial charge in [0.25, 0.3) is 5.91 Å². The molecule has 0 unspecified atom stereocenters. The van der Waals surface area contributed by atoms with Crippen molar-refractivity contribution >= 4 is 23.3 Å². The highest BCUT2D eigenvalue weighted by Crippen LogP contribution is 2.34. The van der Waals surface area contributed by atoms with Gasteiger partial charge in [-0.25, -0.2) is 0 Å². The summed E-state index contributed by atoms with van der Waals surface area (Å²) >= 11 is 0. The molecule has 3 rings (SSSR count). The van der Waals surface area contributed by atoms with Crippen LogP contribution < -0.4 is 14.8 Å². The zero-order valence-electron chi connectivity index (χ0n) is 19.1. The Kier molecular flexibility index (Phi) is 7.51. The number of aryl methyl sites for hydroxylation is 2. The Labute approximate surface area is 188 Å². The van der Waals surface area contributed by atoms with Crippen LogP contribution in [0.2, 0.25) is 0 Å². The predicted molar refractivity (Wildman–Crippen MR) is 123 cm³/mol. The van der Waals surface area contributed by atoms with E-state index >= 15 is 0 Å². The van der Waals surface area contributed by atoms with Crippen LogP contribution in [0.3, 0.4) is 0 Å². The molecule has 0 saturated heterocycles. The Balaban J connectivity index is 1.71. The van der Waals surface area contributed by atoms with Gasteiger partial charge in [-0.2, -0.15) is 0 Å². The second-order valence-corrected chi connectivity index (χ2v) is 8.11. The molecule has 32 heavy (non-hydrogen) atoms. The molecule has 2 aromatic carbocycles. The van der Waals surface area contributed by atoms with E-state index in [1.807, 2.05) is 18.2 Å². The standard InChI is InChI=1S/C25H30N2O5/c1-27(2)25(30)19-14-22(31-3)23(32-4)15-20(19)26-24(29)12-11-21(28)18-10-9-16-7-5-6-8-17(16)13-18/h9-10,13-15H,5-8,11-12H2,1-4H3,(H,26,29). The molecule has 0 aromatic heterocycles. The molecule has 2 aromatic rings. The summed E-state index contributed by atoms with van der Waals surface area (Å²) < 4.78 is 10.6. The number of hydrogen-bond donors (Lipinski definition) is 1. The normalized spacial score (nSPS) is 12.5. The summed E-state index contributed by atoms with van der Waals surface area (Å²) in [7, 11) is 6.21. The van der Waals surface area contributed by atoms with Gasteiger partial charge in [0.15, 0.2) is 17.3 Å². The number of ether oxygens (including phenoxy) is 2. The van der Waals surface area contributed by atoms with Gasteiger partial charge in [0.05, 0.1) is 25.5 Å². The molecule has 1 aliphatic carbocycles. The van der Waals surface area contributed by atoms with Crippen molar-refractivity contribution in [3.05, 3.63) is 52.6 Å². The number of nitrogens with zero attached hydrogens (tertiary/aromatic N) is 1. The van der Waals surface area contributed by atoms with Gasteiger partial charge in [-0.05, 0) is 48.9 Å². The van der Waals surface area contributed by atoms with E-state index in [0.29, 0.717) is 22.7 Å². The zero-order valence-corrected chi connectivity index (χ0v) is 19.1. The van der Waals surface area contributed by atoms with Gasteiger partial charge in [-0.3, -0.25) is 14.4 Å². The SMILES string of the molecule is COc1cc(NC(=O)CCC(=O)c2ccc3c(c2)CCCC3)c(C(=O)N(C)C)cc1OC. The fourth-order valence-corrected chi connectivity index (χ4v) is 3.89. The molecule has 7 nitrogen and oxygen atoms in total. The highest BCUT2D eigenvalue weighted by Gasteiger charge is 2.20. The summed E-state index contributed by atoms with van der Waals surface area (Å²) in [4.78, 5) is 39.3. The van der Waals surface area contributed by atoms with Crippen LogP contribution in [0.15, 0.2) is 30.3 Å². The topological polar surface area (TPSA) is 84.9 Å². The lowest BCUT2D eigenvalue weighted by molar-refractivity contribution is -0.116. The number of carbonyl (C=O) groups is 3. The van der Waals surface area contributed by atoms with Crippen LogP contribution in [0.25, 0.3) is 0 Å². The first-order chi connectivity index (χ1) is 15.3. The number of amides is 2. The maximum atomic E-state index is 12.7. The molecule has 2 amide bonds. The Hall–Kier alpha value is -3.35. The molecule has 0 bridgehead atoms. The van der Waals surface area contributed by atoms with Crippen molar-refractivity contribution in [3.8, 4) is 11.5 Å². The zero-order chi connectivity index (χ0) is 23.3. The summed E-state index contributed by atoms with van der Waals surface area (Å²) in [6.07, 6.45) is 4.50. The van der Waals surface area contributed by atoms with Crippen LogP contribution in [0.5, 0.6) is 11.5 Å². The minimum atomic E-state index is -0.351. The molecule has 1 N–H and O–H groups in total. The van der Waals surface area contributed by atoms with E-state index in [4.69, 9.17) is 9.47 Å². The molecule has 0 saturated carbocycles. The predicted octanol–water partition coefficient (Wildman–Crippen LogP) is 3.89. The van der Waals surface area contributed by atoms with Crippen LogP contribution in [-0.2, 0) is 17.6 Å². The number of ketones is 1. The van der Waals surface area contributed by atoms with Crippen molar-refractivity contribution < 1.29 is 23.9 Å². The lowest BCUT2D eigenvalue weighted by atomic mass is 9.89. The molecular weight excluding hydrogens is 408 g/mol. The molecule has 1 aliphatic rings. The molecule has 0 fully saturated rings. The van der Waals surface area contributed by atoms with Crippen LogP contribution in [-0.4, -0.2) is 50.8 Å². The largest absolute Gasteiger partial charge is 0.493 e. The first-order valence-corrected chi connectivity index (χ1v) is 10.8. The molecule has 0 atom stereocenters. The Morgan fingerprint density at radius 2 is 1.56 bits per heavy atom. The number of carbonyl (C=O) groups excluding carboxylic acids is 3. The lowest BCUT2D eigenvalue weighted by Gasteiger charge is -2.18. The van der Waals surface area contributed by atoms with Crippen molar-refractivity contribution in [1.82, 2.24) is 4.90 Å². The minimum absolute atomic E-state index is 0.0137. The van der Waals surface area contributed by atoms with Gasteiger partial charge in [-0.15, -0.1) is 0 Å². The highest BCUT2D eigenvalue weighted by atomic mass is 16.5. The van der Waals surface area contributed by atoms with E-state index < -0.39 is 0 Å². The average molecular weight is 439 g/mol. The van der Waals surface area contributed by atoms with Gasteiger partial charge in [-0.1, -0.05) is 12.1 Å². The van der Waals surface area contributed by atoms with Crippen molar-refractivity contribution in [1.29, 1.82) is 0 Å². The second-order valence-electron chi connectivity index (χ2n) is 8.11. The summed E-state index contributed by atoms with van der Waals surface area (Å²) in [5, 5.41) is 2.75. The van der Waals surface area contributed by atoms with E-state index in [0.717, 1.165) is 19.3 Å². The van der Waals surface area contributed by atoms with Crippen molar-refractivity contribution in [2.45, 2.75) is 38.5 Å². The van der Waals surface area contributed by atoms with E-state index in [9.17, 15) is 14.4 Å². The quantitative estimate of drug-likeness (QED) is 0.632. The van der Waals surface area contributed by atoms with Crippen LogP contribution in [0.4, 0.5) is 5.69 Å². The van der Waals surface area contributed by atoms with Crippen molar-refractivity contribution in [2.24, 2.45) is 0 Å². The van der Waals surface area contributed by atoms with Gasteiger partial charge >= 0.3 is 0 Å². The van der Waals surface area contributed by atoms with Crippen LogP contribution in [0.1, 0.15) is 57.5 Å². The van der Waals surface area contributed by atoms with Crippen molar-refractivity contribution in [3.63, 3.8) is 0 Å². The Morgan fingerprint density at radius 1 is 0.906 bits per heavy atom. The van der Waals surface area contributed by atoms with E-state index in [2.05, 4.69) is 5.32 Å². The number of anilines is 1.